The first-order valence-electron chi connectivity index (χ1n) is 5.34. The fourth-order valence-corrected chi connectivity index (χ4v) is 1.51. The fourth-order valence-electron chi connectivity index (χ4n) is 1.51. The molecule has 0 aliphatic carbocycles. The molecule has 2 N–H and O–H groups in total. The summed E-state index contributed by atoms with van der Waals surface area (Å²) in [6.07, 6.45) is 4.68. The van der Waals surface area contributed by atoms with Gasteiger partial charge in [0.05, 0.1) is 18.7 Å². The van der Waals surface area contributed by atoms with Crippen LogP contribution in [0.1, 0.15) is 26.2 Å². The molecule has 0 spiro atoms. The lowest BCUT2D eigenvalue weighted by Crippen LogP contribution is -2.22. The van der Waals surface area contributed by atoms with E-state index in [9.17, 15) is 10.1 Å². The summed E-state index contributed by atoms with van der Waals surface area (Å²) in [7, 11) is 0. The summed E-state index contributed by atoms with van der Waals surface area (Å²) >= 11 is 0. The number of nitro groups is 1. The van der Waals surface area contributed by atoms with E-state index in [0.717, 1.165) is 25.9 Å². The van der Waals surface area contributed by atoms with Crippen molar-refractivity contribution in [1.82, 2.24) is 0 Å². The van der Waals surface area contributed by atoms with Gasteiger partial charge in [0.2, 0.25) is 0 Å². The molecule has 1 fully saturated rings. The molecule has 0 radical (unpaired) electrons. The largest absolute Gasteiger partial charge is 0.376 e. The molecule has 0 aromatic rings. The first-order chi connectivity index (χ1) is 7.59. The average molecular weight is 227 g/mol. The zero-order valence-electron chi connectivity index (χ0n) is 9.39. The molecule has 6 heteroatoms. The van der Waals surface area contributed by atoms with E-state index in [0.29, 0.717) is 12.3 Å². The van der Waals surface area contributed by atoms with E-state index in [4.69, 9.17) is 10.5 Å². The van der Waals surface area contributed by atoms with Gasteiger partial charge in [-0.1, -0.05) is 0 Å². The molecular formula is C10H17N3O3. The SMILES string of the molecule is CC(C=C(N)[N+](=O)[O-])=NCC1CCCCO1. The van der Waals surface area contributed by atoms with Gasteiger partial charge in [-0.2, -0.15) is 0 Å². The van der Waals surface area contributed by atoms with Crippen LogP contribution in [0.2, 0.25) is 0 Å². The summed E-state index contributed by atoms with van der Waals surface area (Å²) < 4.78 is 5.49. The van der Waals surface area contributed by atoms with E-state index in [1.165, 1.54) is 6.08 Å². The summed E-state index contributed by atoms with van der Waals surface area (Å²) in [5.74, 6) is -0.384. The smallest absolute Gasteiger partial charge is 0.315 e. The van der Waals surface area contributed by atoms with Gasteiger partial charge in [-0.25, -0.2) is 0 Å². The van der Waals surface area contributed by atoms with E-state index in [1.54, 1.807) is 6.92 Å². The highest BCUT2D eigenvalue weighted by Crippen LogP contribution is 2.12. The molecule has 1 rings (SSSR count). The molecule has 1 atom stereocenters. The molecule has 0 aromatic carbocycles. The number of ether oxygens (including phenoxy) is 1. The van der Waals surface area contributed by atoms with Crippen molar-refractivity contribution in [2.45, 2.75) is 32.3 Å². The van der Waals surface area contributed by atoms with Crippen molar-refractivity contribution < 1.29 is 9.66 Å². The van der Waals surface area contributed by atoms with Crippen molar-refractivity contribution in [1.29, 1.82) is 0 Å². The van der Waals surface area contributed by atoms with Gasteiger partial charge in [0.25, 0.3) is 0 Å². The van der Waals surface area contributed by atoms with Crippen molar-refractivity contribution in [2.24, 2.45) is 10.7 Å². The second kappa shape index (κ2) is 6.22. The van der Waals surface area contributed by atoms with E-state index in [2.05, 4.69) is 4.99 Å². The van der Waals surface area contributed by atoms with Gasteiger partial charge in [-0.3, -0.25) is 10.7 Å². The summed E-state index contributed by atoms with van der Waals surface area (Å²) in [6, 6.07) is 0. The number of nitrogens with two attached hydrogens (primary N) is 1. The maximum atomic E-state index is 10.3. The third-order valence-electron chi connectivity index (χ3n) is 2.39. The highest BCUT2D eigenvalue weighted by Gasteiger charge is 2.12. The van der Waals surface area contributed by atoms with Gasteiger partial charge in [-0.05, 0) is 31.1 Å². The van der Waals surface area contributed by atoms with Crippen LogP contribution < -0.4 is 5.73 Å². The lowest BCUT2D eigenvalue weighted by molar-refractivity contribution is -0.426. The maximum Gasteiger partial charge on any atom is 0.315 e. The molecule has 1 aliphatic heterocycles. The van der Waals surface area contributed by atoms with Crippen LogP contribution in [-0.2, 0) is 4.74 Å². The molecule has 1 aliphatic rings. The van der Waals surface area contributed by atoms with Gasteiger partial charge in [0.15, 0.2) is 0 Å². The predicted molar refractivity (Wildman–Crippen MR) is 60.8 cm³/mol. The Morgan fingerprint density at radius 1 is 1.69 bits per heavy atom. The molecule has 90 valence electrons. The predicted octanol–water partition coefficient (Wildman–Crippen LogP) is 1.09. The summed E-state index contributed by atoms with van der Waals surface area (Å²) in [4.78, 5) is 13.8. The minimum absolute atomic E-state index is 0.147. The number of rotatable bonds is 4. The highest BCUT2D eigenvalue weighted by molar-refractivity contribution is 5.92. The number of nitrogens with zero attached hydrogens (tertiary/aromatic N) is 2. The van der Waals surface area contributed by atoms with Crippen molar-refractivity contribution >= 4 is 5.71 Å². The standard InChI is InChI=1S/C10H17N3O3/c1-8(6-10(11)13(14)15)12-7-9-4-2-3-5-16-9/h6,9H,2-5,7,11H2,1H3. The Hall–Kier alpha value is -1.43. The Kier molecular flexibility index (Phi) is 4.91. The topological polar surface area (TPSA) is 90.8 Å². The van der Waals surface area contributed by atoms with Gasteiger partial charge in [-0.15, -0.1) is 0 Å². The molecule has 0 amide bonds. The van der Waals surface area contributed by atoms with Crippen LogP contribution >= 0.6 is 0 Å². The number of aliphatic imine (C=N–C) groups is 1. The van der Waals surface area contributed by atoms with Crippen LogP contribution in [0.5, 0.6) is 0 Å². The molecule has 0 aromatic heterocycles. The molecule has 0 bridgehead atoms. The average Bonchev–Trinajstić information content (AvgIpc) is 2.27. The lowest BCUT2D eigenvalue weighted by atomic mass is 10.1. The van der Waals surface area contributed by atoms with Crippen LogP contribution in [0, 0.1) is 10.1 Å². The molecule has 1 saturated heterocycles. The zero-order chi connectivity index (χ0) is 12.0. The minimum atomic E-state index is -0.629. The Labute approximate surface area is 94.3 Å². The van der Waals surface area contributed by atoms with E-state index >= 15 is 0 Å². The van der Waals surface area contributed by atoms with Gasteiger partial charge < -0.3 is 14.9 Å². The third kappa shape index (κ3) is 4.39. The van der Waals surface area contributed by atoms with Gasteiger partial charge >= 0.3 is 5.82 Å². The van der Waals surface area contributed by atoms with Crippen LogP contribution in [-0.4, -0.2) is 29.9 Å². The van der Waals surface area contributed by atoms with Crippen molar-refractivity contribution in [3.8, 4) is 0 Å². The lowest BCUT2D eigenvalue weighted by Gasteiger charge is -2.20. The fraction of sp³-hybridized carbons (Fsp3) is 0.700. The molecule has 6 nitrogen and oxygen atoms in total. The first-order valence-corrected chi connectivity index (χ1v) is 5.34. The molecular weight excluding hydrogens is 210 g/mol. The van der Waals surface area contributed by atoms with Crippen molar-refractivity contribution in [2.75, 3.05) is 13.2 Å². The minimum Gasteiger partial charge on any atom is -0.376 e. The monoisotopic (exact) mass is 227 g/mol. The Morgan fingerprint density at radius 2 is 2.44 bits per heavy atom. The zero-order valence-corrected chi connectivity index (χ0v) is 9.39. The molecule has 16 heavy (non-hydrogen) atoms. The van der Waals surface area contributed by atoms with Crippen LogP contribution in [0.4, 0.5) is 0 Å². The number of hydrogen-bond donors (Lipinski definition) is 1. The third-order valence-corrected chi connectivity index (χ3v) is 2.39. The van der Waals surface area contributed by atoms with Crippen molar-refractivity contribution in [3.05, 3.63) is 22.0 Å². The summed E-state index contributed by atoms with van der Waals surface area (Å²) in [5.41, 5.74) is 5.73. The molecule has 0 saturated carbocycles. The Morgan fingerprint density at radius 3 is 3.00 bits per heavy atom. The second-order valence-electron chi connectivity index (χ2n) is 3.80. The normalized spacial score (nSPS) is 23.2. The van der Waals surface area contributed by atoms with E-state index in [1.807, 2.05) is 0 Å². The second-order valence-corrected chi connectivity index (χ2v) is 3.80. The number of allylic oxidation sites excluding steroid dienone is 1. The van der Waals surface area contributed by atoms with Crippen LogP contribution in [0.3, 0.4) is 0 Å². The Balaban J connectivity index is 2.43. The Bertz CT molecular complexity index is 306. The quantitative estimate of drug-likeness (QED) is 0.442. The number of hydrogen-bond acceptors (Lipinski definition) is 5. The summed E-state index contributed by atoms with van der Waals surface area (Å²) in [6.45, 7) is 3.03. The molecule has 1 heterocycles. The highest BCUT2D eigenvalue weighted by atomic mass is 16.6. The summed E-state index contributed by atoms with van der Waals surface area (Å²) in [5, 5.41) is 10.3. The van der Waals surface area contributed by atoms with Crippen LogP contribution in [0.15, 0.2) is 16.9 Å². The van der Waals surface area contributed by atoms with E-state index < -0.39 is 4.92 Å². The van der Waals surface area contributed by atoms with Gasteiger partial charge in [0, 0.05) is 12.3 Å². The van der Waals surface area contributed by atoms with Crippen LogP contribution in [0.25, 0.3) is 0 Å². The molecule has 1 unspecified atom stereocenters. The van der Waals surface area contributed by atoms with Crippen molar-refractivity contribution in [3.63, 3.8) is 0 Å². The maximum absolute atomic E-state index is 10.3. The van der Waals surface area contributed by atoms with Gasteiger partial charge in [0.1, 0.15) is 0 Å². The first kappa shape index (κ1) is 12.6. The van der Waals surface area contributed by atoms with E-state index in [-0.39, 0.29) is 11.9 Å².